The molecule has 0 saturated carbocycles. The van der Waals surface area contributed by atoms with E-state index < -0.39 is 5.97 Å². The van der Waals surface area contributed by atoms with Gasteiger partial charge in [-0.25, -0.2) is 0 Å². The highest BCUT2D eigenvalue weighted by atomic mass is 16.4. The van der Waals surface area contributed by atoms with Gasteiger partial charge in [0.2, 0.25) is 0 Å². The van der Waals surface area contributed by atoms with Gasteiger partial charge in [0.1, 0.15) is 0 Å². The fraction of sp³-hybridized carbons (Fsp3) is 0.583. The maximum Gasteiger partial charge on any atom is 0.308 e. The van der Waals surface area contributed by atoms with Crippen molar-refractivity contribution < 1.29 is 9.90 Å². The molecular weight excluding hydrogens is 190 g/mol. The number of carboxylic acid groups (broad SMARTS) is 1. The van der Waals surface area contributed by atoms with E-state index in [4.69, 9.17) is 5.11 Å². The third-order valence-corrected chi connectivity index (χ3v) is 3.11. The Balaban J connectivity index is 2.00. The first-order chi connectivity index (χ1) is 7.27. The Morgan fingerprint density at radius 3 is 3.00 bits per heavy atom. The van der Waals surface area contributed by atoms with Crippen molar-refractivity contribution in [1.29, 1.82) is 0 Å². The highest BCUT2D eigenvalue weighted by molar-refractivity contribution is 5.70. The first-order valence-corrected chi connectivity index (χ1v) is 5.62. The lowest BCUT2D eigenvalue weighted by atomic mass is 9.97. The van der Waals surface area contributed by atoms with Gasteiger partial charge in [-0.2, -0.15) is 0 Å². The summed E-state index contributed by atoms with van der Waals surface area (Å²) >= 11 is 0. The summed E-state index contributed by atoms with van der Waals surface area (Å²) in [6.07, 6.45) is 10.5. The van der Waals surface area contributed by atoms with Crippen molar-refractivity contribution in [2.75, 3.05) is 13.1 Å². The number of piperidine rings is 1. The maximum absolute atomic E-state index is 10.9. The van der Waals surface area contributed by atoms with Gasteiger partial charge in [-0.3, -0.25) is 4.79 Å². The summed E-state index contributed by atoms with van der Waals surface area (Å²) < 4.78 is 0. The molecule has 0 aromatic carbocycles. The van der Waals surface area contributed by atoms with Crippen LogP contribution in [0.25, 0.3) is 0 Å². The maximum atomic E-state index is 10.9. The molecule has 0 radical (unpaired) electrons. The highest BCUT2D eigenvalue weighted by Crippen LogP contribution is 2.23. The molecule has 3 heteroatoms. The summed E-state index contributed by atoms with van der Waals surface area (Å²) in [6, 6.07) is 0. The fourth-order valence-electron chi connectivity index (χ4n) is 2.25. The van der Waals surface area contributed by atoms with Crippen LogP contribution in [0.4, 0.5) is 0 Å². The number of hydrogen-bond acceptors (Lipinski definition) is 2. The van der Waals surface area contributed by atoms with Crippen LogP contribution in [-0.2, 0) is 4.79 Å². The van der Waals surface area contributed by atoms with Gasteiger partial charge in [-0.15, -0.1) is 0 Å². The molecule has 1 heterocycles. The zero-order valence-electron chi connectivity index (χ0n) is 8.85. The predicted molar refractivity (Wildman–Crippen MR) is 58.4 cm³/mol. The normalized spacial score (nSPS) is 26.3. The van der Waals surface area contributed by atoms with E-state index in [0.29, 0.717) is 6.54 Å². The number of hydrogen-bond donors (Lipinski definition) is 1. The second-order valence-corrected chi connectivity index (χ2v) is 4.23. The molecule has 2 aliphatic rings. The second kappa shape index (κ2) is 4.51. The number of carboxylic acids is 1. The highest BCUT2D eigenvalue weighted by Gasteiger charge is 2.25. The van der Waals surface area contributed by atoms with Gasteiger partial charge in [0.05, 0.1) is 5.92 Å². The lowest BCUT2D eigenvalue weighted by Gasteiger charge is -2.34. The van der Waals surface area contributed by atoms with Crippen LogP contribution < -0.4 is 0 Å². The van der Waals surface area contributed by atoms with Crippen molar-refractivity contribution in [2.24, 2.45) is 5.92 Å². The van der Waals surface area contributed by atoms with E-state index in [0.717, 1.165) is 32.2 Å². The molecule has 0 aromatic heterocycles. The molecule has 1 aliphatic carbocycles. The minimum Gasteiger partial charge on any atom is -0.481 e. The molecule has 2 rings (SSSR count). The molecule has 15 heavy (non-hydrogen) atoms. The number of rotatable bonds is 2. The summed E-state index contributed by atoms with van der Waals surface area (Å²) in [4.78, 5) is 13.1. The first kappa shape index (κ1) is 10.3. The van der Waals surface area contributed by atoms with Crippen molar-refractivity contribution in [3.63, 3.8) is 0 Å². The van der Waals surface area contributed by atoms with Gasteiger partial charge < -0.3 is 10.0 Å². The molecule has 1 fully saturated rings. The number of aliphatic carboxylic acids is 1. The largest absolute Gasteiger partial charge is 0.481 e. The first-order valence-electron chi connectivity index (χ1n) is 5.62. The average molecular weight is 207 g/mol. The third-order valence-electron chi connectivity index (χ3n) is 3.11. The van der Waals surface area contributed by atoms with Crippen molar-refractivity contribution in [1.82, 2.24) is 4.90 Å². The van der Waals surface area contributed by atoms with Gasteiger partial charge >= 0.3 is 5.97 Å². The smallest absolute Gasteiger partial charge is 0.308 e. The zero-order valence-corrected chi connectivity index (χ0v) is 8.85. The zero-order chi connectivity index (χ0) is 10.7. The van der Waals surface area contributed by atoms with E-state index in [1.54, 1.807) is 0 Å². The van der Waals surface area contributed by atoms with Gasteiger partial charge in [0.15, 0.2) is 0 Å². The number of nitrogens with zero attached hydrogens (tertiary/aromatic N) is 1. The second-order valence-electron chi connectivity index (χ2n) is 4.23. The lowest BCUT2D eigenvalue weighted by molar-refractivity contribution is -0.143. The van der Waals surface area contributed by atoms with Crippen LogP contribution in [0.5, 0.6) is 0 Å². The number of carbonyl (C=O) groups is 1. The number of likely N-dealkylation sites (tertiary alicyclic amines) is 1. The number of allylic oxidation sites excluding steroid dienone is 3. The van der Waals surface area contributed by atoms with Crippen LogP contribution in [-0.4, -0.2) is 29.1 Å². The molecule has 0 bridgehead atoms. The predicted octanol–water partition coefficient (Wildman–Crippen LogP) is 2.02. The molecule has 0 aromatic rings. The Hall–Kier alpha value is -1.25. The van der Waals surface area contributed by atoms with Crippen LogP contribution in [0.3, 0.4) is 0 Å². The Morgan fingerprint density at radius 1 is 1.47 bits per heavy atom. The van der Waals surface area contributed by atoms with E-state index in [9.17, 15) is 4.79 Å². The topological polar surface area (TPSA) is 40.5 Å². The minimum atomic E-state index is -0.653. The minimum absolute atomic E-state index is 0.185. The van der Waals surface area contributed by atoms with Crippen molar-refractivity contribution in [3.05, 3.63) is 23.9 Å². The van der Waals surface area contributed by atoms with Gasteiger partial charge in [-0.05, 0) is 31.8 Å². The van der Waals surface area contributed by atoms with Crippen molar-refractivity contribution in [2.45, 2.75) is 25.7 Å². The van der Waals surface area contributed by atoms with Gasteiger partial charge in [0.25, 0.3) is 0 Å². The van der Waals surface area contributed by atoms with E-state index in [1.807, 2.05) is 0 Å². The van der Waals surface area contributed by atoms with Crippen LogP contribution in [0, 0.1) is 5.92 Å². The van der Waals surface area contributed by atoms with Crippen LogP contribution in [0.2, 0.25) is 0 Å². The summed E-state index contributed by atoms with van der Waals surface area (Å²) in [5.74, 6) is -0.838. The Bertz CT molecular complexity index is 307. The molecule has 0 spiro atoms. The molecule has 1 aliphatic heterocycles. The quantitative estimate of drug-likeness (QED) is 0.753. The Labute approximate surface area is 90.1 Å². The molecule has 1 atom stereocenters. The molecule has 82 valence electrons. The van der Waals surface area contributed by atoms with Crippen molar-refractivity contribution in [3.8, 4) is 0 Å². The fourth-order valence-corrected chi connectivity index (χ4v) is 2.25. The van der Waals surface area contributed by atoms with E-state index in [2.05, 4.69) is 23.1 Å². The summed E-state index contributed by atoms with van der Waals surface area (Å²) in [7, 11) is 0. The van der Waals surface area contributed by atoms with E-state index in [-0.39, 0.29) is 5.92 Å². The lowest BCUT2D eigenvalue weighted by Crippen LogP contribution is -2.37. The molecule has 0 amide bonds. The third kappa shape index (κ3) is 2.41. The van der Waals surface area contributed by atoms with E-state index in [1.165, 1.54) is 5.70 Å². The summed E-state index contributed by atoms with van der Waals surface area (Å²) in [5, 5.41) is 8.99. The Kier molecular flexibility index (Phi) is 3.09. The van der Waals surface area contributed by atoms with Gasteiger partial charge in [0, 0.05) is 18.8 Å². The molecular formula is C12H17NO2. The molecule has 1 N–H and O–H groups in total. The van der Waals surface area contributed by atoms with Crippen LogP contribution in [0.15, 0.2) is 23.9 Å². The molecule has 1 saturated heterocycles. The SMILES string of the molecule is O=C(O)C1CCCN(C2=CCCC=C2)C1. The molecule has 3 nitrogen and oxygen atoms in total. The van der Waals surface area contributed by atoms with Crippen LogP contribution >= 0.6 is 0 Å². The Morgan fingerprint density at radius 2 is 2.33 bits per heavy atom. The summed E-state index contributed by atoms with van der Waals surface area (Å²) in [6.45, 7) is 1.67. The van der Waals surface area contributed by atoms with E-state index >= 15 is 0 Å². The molecule has 1 unspecified atom stereocenters. The monoisotopic (exact) mass is 207 g/mol. The standard InChI is InChI=1S/C12H17NO2/c14-12(15)10-5-4-8-13(9-10)11-6-2-1-3-7-11/h2,6-7,10H,1,3-5,8-9H2,(H,14,15). The van der Waals surface area contributed by atoms with Crippen molar-refractivity contribution >= 4 is 5.97 Å². The van der Waals surface area contributed by atoms with Gasteiger partial charge in [-0.1, -0.05) is 12.2 Å². The summed E-state index contributed by atoms with van der Waals surface area (Å²) in [5.41, 5.74) is 1.22. The van der Waals surface area contributed by atoms with Crippen LogP contribution in [0.1, 0.15) is 25.7 Å². The average Bonchev–Trinajstić information content (AvgIpc) is 2.30.